The van der Waals surface area contributed by atoms with E-state index in [4.69, 9.17) is 14.2 Å². The van der Waals surface area contributed by atoms with Gasteiger partial charge in [-0.25, -0.2) is 4.79 Å². The lowest BCUT2D eigenvalue weighted by Crippen LogP contribution is -2.11. The molecule has 0 unspecified atom stereocenters. The molecule has 2 aromatic rings. The van der Waals surface area contributed by atoms with Crippen molar-refractivity contribution >= 4 is 34.3 Å². The van der Waals surface area contributed by atoms with E-state index in [1.54, 1.807) is 32.2 Å². The highest BCUT2D eigenvalue weighted by atomic mass is 32.1. The van der Waals surface area contributed by atoms with Crippen LogP contribution in [0.3, 0.4) is 0 Å². The Morgan fingerprint density at radius 2 is 1.93 bits per heavy atom. The van der Waals surface area contributed by atoms with Gasteiger partial charge in [-0.3, -0.25) is 4.79 Å². The molecule has 0 fully saturated rings. The molecule has 2 rings (SSSR count). The fourth-order valence-corrected chi connectivity index (χ4v) is 3.50. The number of thiophene rings is 1. The molecule has 156 valence electrons. The van der Waals surface area contributed by atoms with E-state index in [0.717, 1.165) is 23.3 Å². The molecule has 7 heteroatoms. The van der Waals surface area contributed by atoms with E-state index < -0.39 is 5.97 Å². The molecule has 1 heterocycles. The third kappa shape index (κ3) is 6.35. The van der Waals surface area contributed by atoms with Crippen molar-refractivity contribution in [1.82, 2.24) is 0 Å². The van der Waals surface area contributed by atoms with Crippen molar-refractivity contribution in [3.63, 3.8) is 0 Å². The van der Waals surface area contributed by atoms with Crippen LogP contribution in [-0.4, -0.2) is 32.2 Å². The number of benzene rings is 1. The van der Waals surface area contributed by atoms with Crippen LogP contribution in [0.25, 0.3) is 6.08 Å². The number of anilines is 1. The number of aryl methyl sites for hydroxylation is 1. The van der Waals surface area contributed by atoms with E-state index in [1.807, 2.05) is 26.0 Å². The van der Waals surface area contributed by atoms with Crippen molar-refractivity contribution in [2.75, 3.05) is 25.6 Å². The maximum atomic E-state index is 12.4. The third-order valence-electron chi connectivity index (χ3n) is 3.94. The Balaban J connectivity index is 2.12. The van der Waals surface area contributed by atoms with Crippen molar-refractivity contribution in [1.29, 1.82) is 0 Å². The zero-order chi connectivity index (χ0) is 21.2. The summed E-state index contributed by atoms with van der Waals surface area (Å²) in [7, 11) is 1.58. The fourth-order valence-electron chi connectivity index (χ4n) is 2.51. The standard InChI is InChI=1S/C22H27NO5S/c1-5-12-28-18-10-8-15(13-19(18)26-4)9-11-20(24)23-21-17(22(25)27-7-3)14-16(6-2)29-21/h8-11,13-14H,5-7,12H2,1-4H3,(H,23,24)/b11-9+. The number of ether oxygens (including phenoxy) is 3. The lowest BCUT2D eigenvalue weighted by Gasteiger charge is -2.10. The summed E-state index contributed by atoms with van der Waals surface area (Å²) in [5.41, 5.74) is 1.18. The van der Waals surface area contributed by atoms with Crippen LogP contribution in [-0.2, 0) is 16.0 Å². The van der Waals surface area contributed by atoms with Crippen molar-refractivity contribution < 1.29 is 23.8 Å². The molecule has 0 saturated carbocycles. The zero-order valence-electron chi connectivity index (χ0n) is 17.2. The summed E-state index contributed by atoms with van der Waals surface area (Å²) in [5, 5.41) is 3.27. The van der Waals surface area contributed by atoms with Crippen LogP contribution in [0.1, 0.15) is 48.0 Å². The van der Waals surface area contributed by atoms with Gasteiger partial charge in [0.25, 0.3) is 0 Å². The van der Waals surface area contributed by atoms with Gasteiger partial charge in [0.2, 0.25) is 5.91 Å². The van der Waals surface area contributed by atoms with E-state index in [2.05, 4.69) is 5.32 Å². The number of esters is 1. The molecule has 1 N–H and O–H groups in total. The highest BCUT2D eigenvalue weighted by Crippen LogP contribution is 2.30. The molecule has 0 aliphatic heterocycles. The smallest absolute Gasteiger partial charge is 0.341 e. The molecule has 0 aliphatic rings. The van der Waals surface area contributed by atoms with Crippen LogP contribution >= 0.6 is 11.3 Å². The molecule has 1 aromatic carbocycles. The Bertz CT molecular complexity index is 872. The Morgan fingerprint density at radius 3 is 2.59 bits per heavy atom. The van der Waals surface area contributed by atoms with Crippen molar-refractivity contribution in [3.8, 4) is 11.5 Å². The Hall–Kier alpha value is -2.80. The number of carbonyl (C=O) groups is 2. The quantitative estimate of drug-likeness (QED) is 0.438. The van der Waals surface area contributed by atoms with Gasteiger partial charge in [0, 0.05) is 11.0 Å². The van der Waals surface area contributed by atoms with Crippen LogP contribution < -0.4 is 14.8 Å². The summed E-state index contributed by atoms with van der Waals surface area (Å²) in [4.78, 5) is 25.5. The van der Waals surface area contributed by atoms with Crippen LogP contribution in [0.2, 0.25) is 0 Å². The normalized spacial score (nSPS) is 10.8. The molecule has 1 amide bonds. The predicted molar refractivity (Wildman–Crippen MR) is 116 cm³/mol. The van der Waals surface area contributed by atoms with E-state index in [-0.39, 0.29) is 12.5 Å². The Morgan fingerprint density at radius 1 is 1.14 bits per heavy atom. The van der Waals surface area contributed by atoms with Crippen molar-refractivity contribution in [2.24, 2.45) is 0 Å². The van der Waals surface area contributed by atoms with E-state index in [1.165, 1.54) is 17.4 Å². The van der Waals surface area contributed by atoms with Crippen LogP contribution in [0, 0.1) is 0 Å². The number of hydrogen-bond donors (Lipinski definition) is 1. The molecule has 0 radical (unpaired) electrons. The molecular weight excluding hydrogens is 390 g/mol. The van der Waals surface area contributed by atoms with Crippen molar-refractivity contribution in [3.05, 3.63) is 46.3 Å². The number of carbonyl (C=O) groups excluding carboxylic acids is 2. The molecule has 0 saturated heterocycles. The summed E-state index contributed by atoms with van der Waals surface area (Å²) < 4.78 is 16.1. The number of rotatable bonds is 10. The number of amides is 1. The maximum Gasteiger partial charge on any atom is 0.341 e. The molecule has 0 bridgehead atoms. The largest absolute Gasteiger partial charge is 0.493 e. The fraction of sp³-hybridized carbons (Fsp3) is 0.364. The summed E-state index contributed by atoms with van der Waals surface area (Å²) in [6, 6.07) is 7.24. The monoisotopic (exact) mass is 417 g/mol. The van der Waals surface area contributed by atoms with E-state index >= 15 is 0 Å². The third-order valence-corrected chi connectivity index (χ3v) is 5.13. The summed E-state index contributed by atoms with van der Waals surface area (Å²) in [5.74, 6) is 0.512. The lowest BCUT2D eigenvalue weighted by atomic mass is 10.2. The first kappa shape index (κ1) is 22.5. The topological polar surface area (TPSA) is 73.9 Å². The molecular formula is C22H27NO5S. The molecule has 1 aromatic heterocycles. The first-order valence-corrected chi connectivity index (χ1v) is 10.4. The summed E-state index contributed by atoms with van der Waals surface area (Å²) in [6.45, 7) is 6.67. The van der Waals surface area contributed by atoms with Gasteiger partial charge < -0.3 is 19.5 Å². The molecule has 0 spiro atoms. The van der Waals surface area contributed by atoms with Crippen LogP contribution in [0.15, 0.2) is 30.3 Å². The first-order chi connectivity index (χ1) is 14.0. The lowest BCUT2D eigenvalue weighted by molar-refractivity contribution is -0.111. The number of methoxy groups -OCH3 is 1. The number of nitrogens with one attached hydrogen (secondary N) is 1. The minimum atomic E-state index is -0.435. The van der Waals surface area contributed by atoms with Gasteiger partial charge in [0.15, 0.2) is 11.5 Å². The maximum absolute atomic E-state index is 12.4. The van der Waals surface area contributed by atoms with Gasteiger partial charge in [-0.2, -0.15) is 0 Å². The summed E-state index contributed by atoms with van der Waals surface area (Å²) in [6.07, 6.45) is 4.78. The highest BCUT2D eigenvalue weighted by molar-refractivity contribution is 7.16. The van der Waals surface area contributed by atoms with Gasteiger partial charge >= 0.3 is 5.97 Å². The summed E-state index contributed by atoms with van der Waals surface area (Å²) >= 11 is 1.38. The Labute approximate surface area is 175 Å². The van der Waals surface area contributed by atoms with Gasteiger partial charge in [0.1, 0.15) is 5.00 Å². The second-order valence-corrected chi connectivity index (χ2v) is 7.25. The van der Waals surface area contributed by atoms with Gasteiger partial charge in [0.05, 0.1) is 25.9 Å². The molecule has 29 heavy (non-hydrogen) atoms. The average Bonchev–Trinajstić information content (AvgIpc) is 3.14. The average molecular weight is 418 g/mol. The second-order valence-electron chi connectivity index (χ2n) is 6.11. The first-order valence-electron chi connectivity index (χ1n) is 9.62. The minimum absolute atomic E-state index is 0.281. The SMILES string of the molecule is CCCOc1ccc(/C=C/C(=O)Nc2sc(CC)cc2C(=O)OCC)cc1OC. The van der Waals surface area contributed by atoms with E-state index in [9.17, 15) is 9.59 Å². The minimum Gasteiger partial charge on any atom is -0.493 e. The molecule has 0 aliphatic carbocycles. The highest BCUT2D eigenvalue weighted by Gasteiger charge is 2.18. The molecule has 6 nitrogen and oxygen atoms in total. The Kier molecular flexibility index (Phi) is 8.73. The molecule has 0 atom stereocenters. The van der Waals surface area contributed by atoms with Gasteiger partial charge in [-0.05, 0) is 49.6 Å². The predicted octanol–water partition coefficient (Wildman–Crippen LogP) is 4.94. The number of hydrogen-bond acceptors (Lipinski definition) is 6. The van der Waals surface area contributed by atoms with Crippen molar-refractivity contribution in [2.45, 2.75) is 33.6 Å². The van der Waals surface area contributed by atoms with Crippen LogP contribution in [0.4, 0.5) is 5.00 Å². The van der Waals surface area contributed by atoms with Crippen LogP contribution in [0.5, 0.6) is 11.5 Å². The second kappa shape index (κ2) is 11.3. The zero-order valence-corrected chi connectivity index (χ0v) is 18.1. The van der Waals surface area contributed by atoms with Gasteiger partial charge in [-0.15, -0.1) is 11.3 Å². The van der Waals surface area contributed by atoms with E-state index in [0.29, 0.717) is 28.7 Å². The van der Waals surface area contributed by atoms with Gasteiger partial charge in [-0.1, -0.05) is 19.9 Å².